The fraction of sp³-hybridized carbons (Fsp3) is 0.357. The maximum atomic E-state index is 12.4. The summed E-state index contributed by atoms with van der Waals surface area (Å²) in [6.07, 6.45) is 0.616. The molecule has 5 nitrogen and oxygen atoms in total. The summed E-state index contributed by atoms with van der Waals surface area (Å²) in [6.45, 7) is 0. The summed E-state index contributed by atoms with van der Waals surface area (Å²) in [7, 11) is 3.24. The average molecular weight is 339 g/mol. The van der Waals surface area contributed by atoms with E-state index in [1.165, 1.54) is 4.90 Å². The Balaban J connectivity index is 2.28. The van der Waals surface area contributed by atoms with Crippen molar-refractivity contribution in [2.75, 3.05) is 14.1 Å². The molecule has 20 heavy (non-hydrogen) atoms. The minimum atomic E-state index is -0.686. The zero-order chi connectivity index (χ0) is 14.9. The van der Waals surface area contributed by atoms with Crippen LogP contribution in [0.1, 0.15) is 23.2 Å². The van der Waals surface area contributed by atoms with Crippen molar-refractivity contribution in [1.82, 2.24) is 9.80 Å². The lowest BCUT2D eigenvalue weighted by Crippen LogP contribution is -2.47. The summed E-state index contributed by atoms with van der Waals surface area (Å²) in [5, 5.41) is 0. The molecular weight excluding hydrogens is 324 g/mol. The Hall–Kier alpha value is -1.69. The quantitative estimate of drug-likeness (QED) is 0.770. The molecular formula is C14H15BrN2O3. The van der Waals surface area contributed by atoms with Crippen molar-refractivity contribution in [3.63, 3.8) is 0 Å². The SMILES string of the molecule is CN(C)C(=O)[C@H]1CCC(=O)N1C(=O)c1ccc(Br)cc1. The van der Waals surface area contributed by atoms with Gasteiger partial charge in [0.15, 0.2) is 0 Å². The molecule has 1 aromatic rings. The maximum Gasteiger partial charge on any atom is 0.261 e. The van der Waals surface area contributed by atoms with Crippen LogP contribution in [0.25, 0.3) is 0 Å². The highest BCUT2D eigenvalue weighted by molar-refractivity contribution is 9.10. The number of likely N-dealkylation sites (tertiary alicyclic amines) is 1. The third kappa shape index (κ3) is 2.75. The van der Waals surface area contributed by atoms with E-state index in [-0.39, 0.29) is 18.2 Å². The number of imide groups is 1. The minimum Gasteiger partial charge on any atom is -0.347 e. The zero-order valence-corrected chi connectivity index (χ0v) is 12.9. The first-order chi connectivity index (χ1) is 9.41. The van der Waals surface area contributed by atoms with Crippen molar-refractivity contribution in [2.45, 2.75) is 18.9 Å². The van der Waals surface area contributed by atoms with Crippen LogP contribution >= 0.6 is 15.9 Å². The van der Waals surface area contributed by atoms with Gasteiger partial charge in [-0.2, -0.15) is 0 Å². The van der Waals surface area contributed by atoms with Gasteiger partial charge in [-0.3, -0.25) is 19.3 Å². The Morgan fingerprint density at radius 3 is 2.40 bits per heavy atom. The smallest absolute Gasteiger partial charge is 0.261 e. The van der Waals surface area contributed by atoms with Gasteiger partial charge < -0.3 is 4.90 Å². The summed E-state index contributed by atoms with van der Waals surface area (Å²) in [5.74, 6) is -0.931. The van der Waals surface area contributed by atoms with Crippen LogP contribution in [-0.2, 0) is 9.59 Å². The molecule has 1 aliphatic heterocycles. The topological polar surface area (TPSA) is 57.7 Å². The second-order valence-corrected chi connectivity index (χ2v) is 5.78. The summed E-state index contributed by atoms with van der Waals surface area (Å²) in [4.78, 5) is 38.9. The number of nitrogens with zero attached hydrogens (tertiary/aromatic N) is 2. The fourth-order valence-corrected chi connectivity index (χ4v) is 2.47. The second-order valence-electron chi connectivity index (χ2n) is 4.86. The number of carbonyl (C=O) groups excluding carboxylic acids is 3. The fourth-order valence-electron chi connectivity index (χ4n) is 2.20. The Bertz CT molecular complexity index is 554. The molecule has 0 unspecified atom stereocenters. The number of rotatable bonds is 2. The van der Waals surface area contributed by atoms with E-state index in [9.17, 15) is 14.4 Å². The zero-order valence-electron chi connectivity index (χ0n) is 11.3. The van der Waals surface area contributed by atoms with Gasteiger partial charge in [-0.1, -0.05) is 15.9 Å². The maximum absolute atomic E-state index is 12.4. The van der Waals surface area contributed by atoms with Gasteiger partial charge in [-0.15, -0.1) is 0 Å². The minimum absolute atomic E-state index is 0.221. The van der Waals surface area contributed by atoms with E-state index < -0.39 is 11.9 Å². The van der Waals surface area contributed by atoms with Crippen molar-refractivity contribution in [3.8, 4) is 0 Å². The highest BCUT2D eigenvalue weighted by Crippen LogP contribution is 2.23. The highest BCUT2D eigenvalue weighted by atomic mass is 79.9. The van der Waals surface area contributed by atoms with Crippen LogP contribution < -0.4 is 0 Å². The van der Waals surface area contributed by atoms with E-state index in [0.29, 0.717) is 12.0 Å². The number of carbonyl (C=O) groups is 3. The van der Waals surface area contributed by atoms with Crippen LogP contribution in [0.4, 0.5) is 0 Å². The Morgan fingerprint density at radius 2 is 1.85 bits per heavy atom. The van der Waals surface area contributed by atoms with Crippen LogP contribution in [0, 0.1) is 0 Å². The van der Waals surface area contributed by atoms with Gasteiger partial charge in [0.05, 0.1) is 0 Å². The molecule has 1 aliphatic rings. The molecule has 1 heterocycles. The third-order valence-electron chi connectivity index (χ3n) is 3.25. The standard InChI is InChI=1S/C14H15BrN2O3/c1-16(2)14(20)11-7-8-12(18)17(11)13(19)9-3-5-10(15)6-4-9/h3-6,11H,7-8H2,1-2H3/t11-/m1/s1. The normalized spacial score (nSPS) is 18.2. The van der Waals surface area contributed by atoms with Crippen LogP contribution in [0.15, 0.2) is 28.7 Å². The Labute approximate surface area is 125 Å². The number of amides is 3. The van der Waals surface area contributed by atoms with E-state index in [2.05, 4.69) is 15.9 Å². The van der Waals surface area contributed by atoms with Gasteiger partial charge in [0.25, 0.3) is 5.91 Å². The number of halogens is 1. The Morgan fingerprint density at radius 1 is 1.25 bits per heavy atom. The average Bonchev–Trinajstić information content (AvgIpc) is 2.79. The molecule has 0 saturated carbocycles. The lowest BCUT2D eigenvalue weighted by Gasteiger charge is -2.24. The summed E-state index contributed by atoms with van der Waals surface area (Å²) < 4.78 is 0.850. The van der Waals surface area contributed by atoms with Crippen molar-refractivity contribution in [2.24, 2.45) is 0 Å². The van der Waals surface area contributed by atoms with Crippen LogP contribution in [-0.4, -0.2) is 47.7 Å². The van der Waals surface area contributed by atoms with Gasteiger partial charge in [0.1, 0.15) is 6.04 Å². The number of hydrogen-bond acceptors (Lipinski definition) is 3. The van der Waals surface area contributed by atoms with E-state index in [1.54, 1.807) is 38.4 Å². The van der Waals surface area contributed by atoms with Gasteiger partial charge in [-0.05, 0) is 30.7 Å². The van der Waals surface area contributed by atoms with Gasteiger partial charge in [0, 0.05) is 30.6 Å². The molecule has 0 N–H and O–H groups in total. The van der Waals surface area contributed by atoms with Crippen molar-refractivity contribution in [3.05, 3.63) is 34.3 Å². The highest BCUT2D eigenvalue weighted by Gasteiger charge is 2.41. The van der Waals surface area contributed by atoms with Crippen LogP contribution in [0.3, 0.4) is 0 Å². The molecule has 6 heteroatoms. The lowest BCUT2D eigenvalue weighted by atomic mass is 10.1. The lowest BCUT2D eigenvalue weighted by molar-refractivity contribution is -0.137. The molecule has 1 saturated heterocycles. The molecule has 106 valence electrons. The first kappa shape index (κ1) is 14.7. The summed E-state index contributed by atoms with van der Waals surface area (Å²) in [5.41, 5.74) is 0.403. The molecule has 0 spiro atoms. The van der Waals surface area contributed by atoms with Crippen LogP contribution in [0.2, 0.25) is 0 Å². The first-order valence-electron chi connectivity index (χ1n) is 6.25. The van der Waals surface area contributed by atoms with Gasteiger partial charge >= 0.3 is 0 Å². The molecule has 0 bridgehead atoms. The monoisotopic (exact) mass is 338 g/mol. The number of likely N-dealkylation sites (N-methyl/N-ethyl adjacent to an activating group) is 1. The van der Waals surface area contributed by atoms with Crippen molar-refractivity contribution < 1.29 is 14.4 Å². The number of hydrogen-bond donors (Lipinski definition) is 0. The van der Waals surface area contributed by atoms with E-state index >= 15 is 0 Å². The van der Waals surface area contributed by atoms with E-state index in [0.717, 1.165) is 9.37 Å². The molecule has 1 aromatic carbocycles. The van der Waals surface area contributed by atoms with Crippen molar-refractivity contribution >= 4 is 33.7 Å². The van der Waals surface area contributed by atoms with Crippen molar-refractivity contribution in [1.29, 1.82) is 0 Å². The molecule has 0 aromatic heterocycles. The summed E-state index contributed by atoms with van der Waals surface area (Å²) in [6, 6.07) is 6.05. The summed E-state index contributed by atoms with van der Waals surface area (Å²) >= 11 is 3.29. The molecule has 1 atom stereocenters. The largest absolute Gasteiger partial charge is 0.347 e. The Kier molecular flexibility index (Phi) is 4.23. The van der Waals surface area contributed by atoms with Crippen LogP contribution in [0.5, 0.6) is 0 Å². The van der Waals surface area contributed by atoms with Gasteiger partial charge in [0.2, 0.25) is 11.8 Å². The van der Waals surface area contributed by atoms with E-state index in [1.807, 2.05) is 0 Å². The molecule has 0 aliphatic carbocycles. The molecule has 3 amide bonds. The third-order valence-corrected chi connectivity index (χ3v) is 3.78. The number of benzene rings is 1. The molecule has 1 fully saturated rings. The van der Waals surface area contributed by atoms with E-state index in [4.69, 9.17) is 0 Å². The molecule has 2 rings (SSSR count). The van der Waals surface area contributed by atoms with Gasteiger partial charge in [-0.25, -0.2) is 0 Å². The first-order valence-corrected chi connectivity index (χ1v) is 7.04. The second kappa shape index (κ2) is 5.75. The predicted molar refractivity (Wildman–Crippen MR) is 77.0 cm³/mol. The predicted octanol–water partition coefficient (Wildman–Crippen LogP) is 1.67. The molecule has 0 radical (unpaired) electrons.